The quantitative estimate of drug-likeness (QED) is 0.148. The molecular weight excluding hydrogens is 460 g/mol. The number of aliphatic carboxylic acids is 1. The van der Waals surface area contributed by atoms with Gasteiger partial charge in [0.15, 0.2) is 5.96 Å². The summed E-state index contributed by atoms with van der Waals surface area (Å²) in [6.07, 6.45) is 1.11. The molecule has 0 saturated carbocycles. The molecule has 2 aliphatic heterocycles. The second-order valence-electron chi connectivity index (χ2n) is 9.94. The molecule has 13 nitrogen and oxygen atoms in total. The monoisotopic (exact) mass is 496 g/mol. The van der Waals surface area contributed by atoms with Gasteiger partial charge < -0.3 is 36.8 Å². The van der Waals surface area contributed by atoms with Crippen molar-refractivity contribution in [1.82, 2.24) is 15.5 Å². The van der Waals surface area contributed by atoms with E-state index in [2.05, 4.69) is 15.6 Å². The SMILES string of the molecule is CC(=O)N[C@@H](CC(=O)O)C(=O)N[C@H]1CC[C@@H]2[C@@H](CCN=C(N)N)C[C@@H](C(=O)OC(C)(C)C)N2C1=O. The Morgan fingerprint density at radius 2 is 1.89 bits per heavy atom. The summed E-state index contributed by atoms with van der Waals surface area (Å²) in [5.41, 5.74) is 10.1. The number of piperidine rings is 1. The molecule has 0 unspecified atom stereocenters. The maximum absolute atomic E-state index is 13.4. The average Bonchev–Trinajstić information content (AvgIpc) is 3.07. The fraction of sp³-hybridized carbons (Fsp3) is 0.727. The van der Waals surface area contributed by atoms with Crippen LogP contribution in [0.1, 0.15) is 59.8 Å². The highest BCUT2D eigenvalue weighted by atomic mass is 16.6. The lowest BCUT2D eigenvalue weighted by Gasteiger charge is -2.39. The number of aliphatic imine (C=N–C) groups is 1. The second-order valence-corrected chi connectivity index (χ2v) is 9.94. The number of carboxylic acids is 1. The number of carboxylic acid groups (broad SMARTS) is 1. The van der Waals surface area contributed by atoms with Crippen LogP contribution in [0.3, 0.4) is 0 Å². The van der Waals surface area contributed by atoms with E-state index in [9.17, 15) is 24.0 Å². The number of nitrogens with one attached hydrogen (secondary N) is 2. The lowest BCUT2D eigenvalue weighted by Crippen LogP contribution is -2.60. The van der Waals surface area contributed by atoms with Gasteiger partial charge >= 0.3 is 11.9 Å². The number of nitrogens with zero attached hydrogens (tertiary/aromatic N) is 2. The Hall–Kier alpha value is -3.38. The molecular formula is C22H36N6O7. The molecule has 35 heavy (non-hydrogen) atoms. The highest BCUT2D eigenvalue weighted by Crippen LogP contribution is 2.39. The molecule has 2 fully saturated rings. The predicted octanol–water partition coefficient (Wildman–Crippen LogP) is -1.16. The van der Waals surface area contributed by atoms with E-state index in [1.54, 1.807) is 20.8 Å². The van der Waals surface area contributed by atoms with Gasteiger partial charge in [0.25, 0.3) is 0 Å². The van der Waals surface area contributed by atoms with Gasteiger partial charge in [0.05, 0.1) is 6.42 Å². The zero-order valence-corrected chi connectivity index (χ0v) is 20.6. The Morgan fingerprint density at radius 3 is 2.43 bits per heavy atom. The van der Waals surface area contributed by atoms with Gasteiger partial charge in [-0.1, -0.05) is 0 Å². The van der Waals surface area contributed by atoms with Crippen molar-refractivity contribution >= 4 is 35.6 Å². The van der Waals surface area contributed by atoms with Crippen LogP contribution in [0.25, 0.3) is 0 Å². The minimum Gasteiger partial charge on any atom is -0.481 e. The van der Waals surface area contributed by atoms with Gasteiger partial charge in [0.1, 0.15) is 23.7 Å². The van der Waals surface area contributed by atoms with E-state index in [0.29, 0.717) is 32.2 Å². The lowest BCUT2D eigenvalue weighted by molar-refractivity contribution is -0.165. The summed E-state index contributed by atoms with van der Waals surface area (Å²) in [4.78, 5) is 67.1. The van der Waals surface area contributed by atoms with Crippen molar-refractivity contribution in [1.29, 1.82) is 0 Å². The number of ether oxygens (including phenoxy) is 1. The lowest BCUT2D eigenvalue weighted by atomic mass is 9.88. The number of carbonyl (C=O) groups is 5. The summed E-state index contributed by atoms with van der Waals surface area (Å²) in [6.45, 7) is 6.72. The highest BCUT2D eigenvalue weighted by molar-refractivity contribution is 5.95. The zero-order valence-electron chi connectivity index (χ0n) is 20.6. The van der Waals surface area contributed by atoms with E-state index in [1.165, 1.54) is 4.90 Å². The van der Waals surface area contributed by atoms with Gasteiger partial charge in [-0.15, -0.1) is 0 Å². The first-order valence-corrected chi connectivity index (χ1v) is 11.6. The maximum Gasteiger partial charge on any atom is 0.329 e. The van der Waals surface area contributed by atoms with Crippen molar-refractivity contribution in [3.8, 4) is 0 Å². The Balaban J connectivity index is 2.22. The van der Waals surface area contributed by atoms with Gasteiger partial charge in [0.2, 0.25) is 17.7 Å². The van der Waals surface area contributed by atoms with Crippen molar-refractivity contribution in [2.45, 2.75) is 89.6 Å². The summed E-state index contributed by atoms with van der Waals surface area (Å²) in [7, 11) is 0. The number of rotatable bonds is 9. The Kier molecular flexibility index (Phi) is 9.05. The number of fused-ring (bicyclic) bond motifs is 1. The van der Waals surface area contributed by atoms with E-state index in [1.807, 2.05) is 0 Å². The molecule has 2 rings (SSSR count). The third kappa shape index (κ3) is 7.82. The molecule has 0 bridgehead atoms. The van der Waals surface area contributed by atoms with Gasteiger partial charge in [-0.05, 0) is 52.4 Å². The van der Waals surface area contributed by atoms with Crippen LogP contribution in [0.15, 0.2) is 4.99 Å². The summed E-state index contributed by atoms with van der Waals surface area (Å²) < 4.78 is 5.55. The van der Waals surface area contributed by atoms with Crippen LogP contribution in [0.4, 0.5) is 0 Å². The van der Waals surface area contributed by atoms with Crippen molar-refractivity contribution in [2.24, 2.45) is 22.4 Å². The number of nitrogens with two attached hydrogens (primary N) is 2. The summed E-state index contributed by atoms with van der Waals surface area (Å²) in [5, 5.41) is 13.9. The molecule has 196 valence electrons. The van der Waals surface area contributed by atoms with Crippen LogP contribution >= 0.6 is 0 Å². The van der Waals surface area contributed by atoms with Gasteiger partial charge in [-0.3, -0.25) is 24.2 Å². The molecule has 13 heteroatoms. The third-order valence-electron chi connectivity index (χ3n) is 5.93. The van der Waals surface area contributed by atoms with Crippen LogP contribution < -0.4 is 22.1 Å². The molecule has 2 aliphatic rings. The molecule has 2 heterocycles. The first-order valence-electron chi connectivity index (χ1n) is 11.6. The Labute approximate surface area is 204 Å². The number of hydrogen-bond donors (Lipinski definition) is 5. The maximum atomic E-state index is 13.4. The van der Waals surface area contributed by atoms with Crippen molar-refractivity contribution in [3.05, 3.63) is 0 Å². The van der Waals surface area contributed by atoms with Crippen LogP contribution in [0, 0.1) is 5.92 Å². The Morgan fingerprint density at radius 1 is 1.23 bits per heavy atom. The van der Waals surface area contributed by atoms with Gasteiger partial charge in [-0.25, -0.2) is 4.79 Å². The fourth-order valence-electron chi connectivity index (χ4n) is 4.63. The summed E-state index contributed by atoms with van der Waals surface area (Å²) >= 11 is 0. The number of amides is 3. The predicted molar refractivity (Wildman–Crippen MR) is 125 cm³/mol. The van der Waals surface area contributed by atoms with Crippen LogP contribution in [0.5, 0.6) is 0 Å². The van der Waals surface area contributed by atoms with Crippen LogP contribution in [-0.4, -0.2) is 81.9 Å². The smallest absolute Gasteiger partial charge is 0.329 e. The largest absolute Gasteiger partial charge is 0.481 e. The standard InChI is InChI=1S/C22H36N6O7/c1-11(29)26-14(10-17(30)31)18(32)27-13-5-6-15-12(7-8-25-21(23)24)9-16(28(15)19(13)33)20(34)35-22(2,3)4/h12-16H,5-10H2,1-4H3,(H,26,29)(H,27,32)(H,30,31)(H4,23,24,25)/t12-,13-,14-,15+,16-/m0/s1. The number of carbonyl (C=O) groups excluding carboxylic acids is 4. The molecule has 0 aromatic carbocycles. The molecule has 0 aromatic heterocycles. The van der Waals surface area contributed by atoms with E-state index >= 15 is 0 Å². The van der Waals surface area contributed by atoms with Crippen molar-refractivity contribution < 1.29 is 33.8 Å². The van der Waals surface area contributed by atoms with E-state index in [4.69, 9.17) is 21.3 Å². The molecule has 7 N–H and O–H groups in total. The van der Waals surface area contributed by atoms with E-state index in [-0.39, 0.29) is 17.9 Å². The van der Waals surface area contributed by atoms with Gasteiger partial charge in [0, 0.05) is 19.5 Å². The van der Waals surface area contributed by atoms with E-state index in [0.717, 1.165) is 6.92 Å². The number of guanidine groups is 1. The zero-order chi connectivity index (χ0) is 26.5. The normalized spacial score (nSPS) is 24.7. The molecule has 0 aliphatic carbocycles. The van der Waals surface area contributed by atoms with Crippen molar-refractivity contribution in [2.75, 3.05) is 6.54 Å². The molecule has 5 atom stereocenters. The molecule has 0 spiro atoms. The molecule has 2 saturated heterocycles. The summed E-state index contributed by atoms with van der Waals surface area (Å²) in [6, 6.07) is -3.39. The van der Waals surface area contributed by atoms with Crippen LogP contribution in [0.2, 0.25) is 0 Å². The second kappa shape index (κ2) is 11.4. The molecule has 0 aromatic rings. The minimum absolute atomic E-state index is 0.0406. The Bertz CT molecular complexity index is 864. The minimum atomic E-state index is -1.33. The molecule has 0 radical (unpaired) electrons. The average molecular weight is 497 g/mol. The topological polar surface area (TPSA) is 207 Å². The first kappa shape index (κ1) is 27.9. The van der Waals surface area contributed by atoms with Crippen LogP contribution in [-0.2, 0) is 28.7 Å². The number of esters is 1. The highest BCUT2D eigenvalue weighted by Gasteiger charge is 2.52. The first-order chi connectivity index (χ1) is 16.2. The summed E-state index contributed by atoms with van der Waals surface area (Å²) in [5.74, 6) is -3.70. The van der Waals surface area contributed by atoms with E-state index < -0.39 is 59.8 Å². The van der Waals surface area contributed by atoms with Crippen molar-refractivity contribution in [3.63, 3.8) is 0 Å². The molecule has 3 amide bonds. The third-order valence-corrected chi connectivity index (χ3v) is 5.93. The fourth-order valence-corrected chi connectivity index (χ4v) is 4.63. The van der Waals surface area contributed by atoms with Gasteiger partial charge in [-0.2, -0.15) is 0 Å². The number of hydrogen-bond acceptors (Lipinski definition) is 7.